The van der Waals surface area contributed by atoms with Crippen molar-refractivity contribution in [3.63, 3.8) is 0 Å². The first-order valence-corrected chi connectivity index (χ1v) is 9.92. The van der Waals surface area contributed by atoms with Crippen LogP contribution in [0.3, 0.4) is 0 Å². The second-order valence-electron chi connectivity index (χ2n) is 7.59. The zero-order valence-electron chi connectivity index (χ0n) is 15.9. The van der Waals surface area contributed by atoms with E-state index in [2.05, 4.69) is 6.92 Å². The Bertz CT molecular complexity index is 805. The van der Waals surface area contributed by atoms with Crippen molar-refractivity contribution in [1.29, 1.82) is 0 Å². The summed E-state index contributed by atoms with van der Waals surface area (Å²) in [5.74, 6) is -3.47. The fourth-order valence-corrected chi connectivity index (χ4v) is 4.33. The third-order valence-corrected chi connectivity index (χ3v) is 5.93. The lowest BCUT2D eigenvalue weighted by Crippen LogP contribution is -2.15. The highest BCUT2D eigenvalue weighted by Gasteiger charge is 2.27. The average Bonchev–Trinajstić information content (AvgIpc) is 2.68. The normalized spacial score (nSPS) is 20.1. The van der Waals surface area contributed by atoms with Crippen molar-refractivity contribution in [1.82, 2.24) is 0 Å². The monoisotopic (exact) mass is 378 g/mol. The number of hydrogen-bond acceptors (Lipinski definition) is 0. The van der Waals surface area contributed by atoms with Gasteiger partial charge in [-0.3, -0.25) is 0 Å². The molecule has 27 heavy (non-hydrogen) atoms. The first kappa shape index (κ1) is 19.9. The fourth-order valence-electron chi connectivity index (χ4n) is 4.33. The second kappa shape index (κ2) is 8.45. The molecule has 0 aromatic heterocycles. The quantitative estimate of drug-likeness (QED) is 0.471. The molecule has 0 N–H and O–H groups in total. The summed E-state index contributed by atoms with van der Waals surface area (Å²) in [6, 6.07) is 5.68. The summed E-state index contributed by atoms with van der Waals surface area (Å²) in [6.07, 6.45) is 6.40. The highest BCUT2D eigenvalue weighted by atomic mass is 19.2. The van der Waals surface area contributed by atoms with E-state index in [1.165, 1.54) is 24.6 Å². The van der Waals surface area contributed by atoms with Gasteiger partial charge in [-0.05, 0) is 55.1 Å². The van der Waals surface area contributed by atoms with Gasteiger partial charge in [-0.1, -0.05) is 51.0 Å². The van der Waals surface area contributed by atoms with E-state index in [0.29, 0.717) is 17.9 Å². The van der Waals surface area contributed by atoms with Crippen molar-refractivity contribution in [2.45, 2.75) is 64.7 Å². The minimum absolute atomic E-state index is 0.00861. The SMILES string of the molecule is CCC[C@H]1CC[C@H](c2ccc(-c3ccc(CC)c(F)c3F)c(F)c2F)CC1. The molecule has 2 aromatic carbocycles. The largest absolute Gasteiger partial charge is 0.203 e. The Hall–Kier alpha value is -1.84. The molecule has 0 amide bonds. The minimum Gasteiger partial charge on any atom is -0.203 e. The van der Waals surface area contributed by atoms with Gasteiger partial charge in [0.1, 0.15) is 0 Å². The van der Waals surface area contributed by atoms with Crippen LogP contribution in [0.15, 0.2) is 24.3 Å². The van der Waals surface area contributed by atoms with E-state index in [-0.39, 0.29) is 22.6 Å². The maximum atomic E-state index is 14.8. The molecule has 0 unspecified atom stereocenters. The van der Waals surface area contributed by atoms with Crippen molar-refractivity contribution in [3.8, 4) is 11.1 Å². The Morgan fingerprint density at radius 1 is 0.741 bits per heavy atom. The van der Waals surface area contributed by atoms with Crippen LogP contribution in [0, 0.1) is 29.2 Å². The number of halogens is 4. The topological polar surface area (TPSA) is 0 Å². The van der Waals surface area contributed by atoms with Gasteiger partial charge >= 0.3 is 0 Å². The molecule has 0 radical (unpaired) electrons. The molecule has 3 rings (SSSR count). The summed E-state index contributed by atoms with van der Waals surface area (Å²) in [4.78, 5) is 0. The molecule has 0 atom stereocenters. The van der Waals surface area contributed by atoms with Gasteiger partial charge in [-0.2, -0.15) is 0 Å². The zero-order valence-corrected chi connectivity index (χ0v) is 15.9. The van der Waals surface area contributed by atoms with Gasteiger partial charge in [0.05, 0.1) is 0 Å². The molecular weight excluding hydrogens is 352 g/mol. The van der Waals surface area contributed by atoms with E-state index in [1.807, 2.05) is 0 Å². The predicted octanol–water partition coefficient (Wildman–Crippen LogP) is 7.55. The van der Waals surface area contributed by atoms with Crippen LogP contribution < -0.4 is 0 Å². The summed E-state index contributed by atoms with van der Waals surface area (Å²) in [7, 11) is 0. The Labute approximate surface area is 158 Å². The lowest BCUT2D eigenvalue weighted by Gasteiger charge is -2.29. The summed E-state index contributed by atoms with van der Waals surface area (Å²) in [5.41, 5.74) is 0.115. The molecule has 1 fully saturated rings. The maximum Gasteiger partial charge on any atom is 0.167 e. The molecule has 0 saturated heterocycles. The van der Waals surface area contributed by atoms with E-state index in [0.717, 1.165) is 32.1 Å². The molecule has 0 aliphatic heterocycles. The Morgan fingerprint density at radius 2 is 1.33 bits per heavy atom. The molecule has 1 aliphatic carbocycles. The first-order chi connectivity index (χ1) is 13.0. The van der Waals surface area contributed by atoms with E-state index < -0.39 is 23.3 Å². The van der Waals surface area contributed by atoms with Crippen molar-refractivity contribution < 1.29 is 17.6 Å². The molecule has 0 heterocycles. The summed E-state index contributed by atoms with van der Waals surface area (Å²) >= 11 is 0. The molecule has 1 aliphatic rings. The van der Waals surface area contributed by atoms with Gasteiger partial charge in [0.15, 0.2) is 23.3 Å². The molecule has 0 bridgehead atoms. The van der Waals surface area contributed by atoms with Gasteiger partial charge in [-0.25, -0.2) is 17.6 Å². The van der Waals surface area contributed by atoms with Crippen LogP contribution in [0.5, 0.6) is 0 Å². The standard InChI is InChI=1S/C23H26F4/c1-3-5-14-6-8-16(9-7-14)17-12-13-19(23(27)21(17)25)18-11-10-15(4-2)20(24)22(18)26/h10-14,16H,3-9H2,1-2H3/t14-,16-. The zero-order chi connectivity index (χ0) is 19.6. The second-order valence-corrected chi connectivity index (χ2v) is 7.59. The smallest absolute Gasteiger partial charge is 0.167 e. The highest BCUT2D eigenvalue weighted by molar-refractivity contribution is 5.66. The van der Waals surface area contributed by atoms with Gasteiger partial charge in [0.2, 0.25) is 0 Å². The summed E-state index contributed by atoms with van der Waals surface area (Å²) in [6.45, 7) is 3.87. The molecular formula is C23H26F4. The molecule has 2 aromatic rings. The molecule has 0 nitrogen and oxygen atoms in total. The summed E-state index contributed by atoms with van der Waals surface area (Å²) in [5, 5.41) is 0. The third kappa shape index (κ3) is 3.90. The van der Waals surface area contributed by atoms with Crippen LogP contribution in [0.1, 0.15) is 69.4 Å². The number of hydrogen-bond donors (Lipinski definition) is 0. The van der Waals surface area contributed by atoms with E-state index in [9.17, 15) is 17.6 Å². The van der Waals surface area contributed by atoms with E-state index >= 15 is 0 Å². The Balaban J connectivity index is 1.89. The number of rotatable bonds is 5. The average molecular weight is 378 g/mol. The molecule has 146 valence electrons. The Morgan fingerprint density at radius 3 is 1.93 bits per heavy atom. The third-order valence-electron chi connectivity index (χ3n) is 5.93. The number of aryl methyl sites for hydroxylation is 1. The van der Waals surface area contributed by atoms with Crippen LogP contribution >= 0.6 is 0 Å². The first-order valence-electron chi connectivity index (χ1n) is 9.92. The van der Waals surface area contributed by atoms with Crippen molar-refractivity contribution in [3.05, 3.63) is 58.7 Å². The molecule has 0 spiro atoms. The highest BCUT2D eigenvalue weighted by Crippen LogP contribution is 2.40. The van der Waals surface area contributed by atoms with Crippen molar-refractivity contribution >= 4 is 0 Å². The fraction of sp³-hybridized carbons (Fsp3) is 0.478. The van der Waals surface area contributed by atoms with Crippen LogP contribution in [0.4, 0.5) is 17.6 Å². The van der Waals surface area contributed by atoms with E-state index in [4.69, 9.17) is 0 Å². The minimum atomic E-state index is -1.12. The van der Waals surface area contributed by atoms with Crippen LogP contribution in [-0.4, -0.2) is 0 Å². The van der Waals surface area contributed by atoms with Gasteiger partial charge in [-0.15, -0.1) is 0 Å². The lowest BCUT2D eigenvalue weighted by molar-refractivity contribution is 0.303. The molecule has 1 saturated carbocycles. The van der Waals surface area contributed by atoms with Crippen LogP contribution in [0.25, 0.3) is 11.1 Å². The van der Waals surface area contributed by atoms with E-state index in [1.54, 1.807) is 13.0 Å². The van der Waals surface area contributed by atoms with Crippen LogP contribution in [0.2, 0.25) is 0 Å². The van der Waals surface area contributed by atoms with Gasteiger partial charge in [0.25, 0.3) is 0 Å². The van der Waals surface area contributed by atoms with Crippen molar-refractivity contribution in [2.75, 3.05) is 0 Å². The lowest BCUT2D eigenvalue weighted by atomic mass is 9.77. The maximum absolute atomic E-state index is 14.8. The summed E-state index contributed by atoms with van der Waals surface area (Å²) < 4.78 is 57.9. The predicted molar refractivity (Wildman–Crippen MR) is 101 cm³/mol. The van der Waals surface area contributed by atoms with Gasteiger partial charge < -0.3 is 0 Å². The molecule has 4 heteroatoms. The van der Waals surface area contributed by atoms with Crippen molar-refractivity contribution in [2.24, 2.45) is 5.92 Å². The number of benzene rings is 2. The van der Waals surface area contributed by atoms with Gasteiger partial charge in [0, 0.05) is 11.1 Å². The van der Waals surface area contributed by atoms with Crippen LogP contribution in [-0.2, 0) is 6.42 Å². The Kier molecular flexibility index (Phi) is 6.23.